The molecule has 5 nitrogen and oxygen atoms in total. The molecule has 5 heteroatoms. The van der Waals surface area contributed by atoms with E-state index in [0.29, 0.717) is 18.7 Å². The predicted octanol–water partition coefficient (Wildman–Crippen LogP) is 1.69. The van der Waals surface area contributed by atoms with Gasteiger partial charge in [-0.1, -0.05) is 0 Å². The molecular weight excluding hydrogens is 230 g/mol. The maximum atomic E-state index is 11.8. The third kappa shape index (κ3) is 3.10. The first-order valence-electron chi connectivity index (χ1n) is 5.74. The molecule has 2 aromatic rings. The van der Waals surface area contributed by atoms with Crippen LogP contribution in [0.4, 0.5) is 5.69 Å². The molecule has 18 heavy (non-hydrogen) atoms. The van der Waals surface area contributed by atoms with Crippen LogP contribution in [-0.2, 0) is 6.42 Å². The molecule has 2 rings (SSSR count). The summed E-state index contributed by atoms with van der Waals surface area (Å²) in [6.07, 6.45) is 3.90. The molecule has 0 aromatic carbocycles. The second-order valence-electron chi connectivity index (χ2n) is 3.77. The molecule has 0 atom stereocenters. The number of hydrogen-bond acceptors (Lipinski definition) is 4. The van der Waals surface area contributed by atoms with Crippen LogP contribution in [-0.4, -0.2) is 24.5 Å². The number of carbonyl (C=O) groups is 1. The van der Waals surface area contributed by atoms with Crippen molar-refractivity contribution in [3.63, 3.8) is 0 Å². The number of furan rings is 1. The fraction of sp³-hybridized carbons (Fsp3) is 0.231. The highest BCUT2D eigenvalue weighted by atomic mass is 16.3. The van der Waals surface area contributed by atoms with Crippen molar-refractivity contribution >= 4 is 11.6 Å². The van der Waals surface area contributed by atoms with Gasteiger partial charge < -0.3 is 15.1 Å². The molecule has 0 spiro atoms. The van der Waals surface area contributed by atoms with Crippen molar-refractivity contribution in [2.24, 2.45) is 0 Å². The Bertz CT molecular complexity index is 509. The molecule has 0 aliphatic heterocycles. The predicted molar refractivity (Wildman–Crippen MR) is 68.5 cm³/mol. The molecule has 1 amide bonds. The topological polar surface area (TPSA) is 67.2 Å². The SMILES string of the molecule is CNc1ccnc(C(=O)NCCc2ccco2)c1. The van der Waals surface area contributed by atoms with Gasteiger partial charge in [-0.25, -0.2) is 0 Å². The Labute approximate surface area is 105 Å². The summed E-state index contributed by atoms with van der Waals surface area (Å²) in [6.45, 7) is 0.526. The van der Waals surface area contributed by atoms with Crippen LogP contribution in [0.3, 0.4) is 0 Å². The number of amides is 1. The maximum Gasteiger partial charge on any atom is 0.269 e. The van der Waals surface area contributed by atoms with Crippen molar-refractivity contribution in [1.29, 1.82) is 0 Å². The summed E-state index contributed by atoms with van der Waals surface area (Å²) in [5, 5.41) is 5.77. The molecule has 2 aromatic heterocycles. The van der Waals surface area contributed by atoms with Crippen LogP contribution in [0.15, 0.2) is 41.1 Å². The average molecular weight is 245 g/mol. The molecule has 0 bridgehead atoms. The Morgan fingerprint density at radius 3 is 3.06 bits per heavy atom. The third-order valence-corrected chi connectivity index (χ3v) is 2.52. The van der Waals surface area contributed by atoms with Gasteiger partial charge >= 0.3 is 0 Å². The van der Waals surface area contributed by atoms with Crippen molar-refractivity contribution in [3.8, 4) is 0 Å². The molecule has 0 saturated carbocycles. The largest absolute Gasteiger partial charge is 0.469 e. The van der Waals surface area contributed by atoms with Crippen LogP contribution in [0.2, 0.25) is 0 Å². The number of nitrogens with one attached hydrogen (secondary N) is 2. The number of carbonyl (C=O) groups excluding carboxylic acids is 1. The van der Waals surface area contributed by atoms with Gasteiger partial charge in [-0.3, -0.25) is 9.78 Å². The van der Waals surface area contributed by atoms with Crippen molar-refractivity contribution in [2.75, 3.05) is 18.9 Å². The third-order valence-electron chi connectivity index (χ3n) is 2.52. The molecule has 94 valence electrons. The van der Waals surface area contributed by atoms with Gasteiger partial charge in [0.2, 0.25) is 0 Å². The lowest BCUT2D eigenvalue weighted by Gasteiger charge is -2.05. The quantitative estimate of drug-likeness (QED) is 0.841. The van der Waals surface area contributed by atoms with E-state index in [1.165, 1.54) is 0 Å². The molecule has 0 unspecified atom stereocenters. The van der Waals surface area contributed by atoms with E-state index in [1.807, 2.05) is 12.1 Å². The van der Waals surface area contributed by atoms with E-state index in [4.69, 9.17) is 4.42 Å². The highest BCUT2D eigenvalue weighted by Gasteiger charge is 2.07. The molecule has 2 N–H and O–H groups in total. The van der Waals surface area contributed by atoms with Gasteiger partial charge in [-0.05, 0) is 24.3 Å². The molecule has 0 aliphatic rings. The zero-order valence-electron chi connectivity index (χ0n) is 10.1. The van der Waals surface area contributed by atoms with E-state index >= 15 is 0 Å². The first-order chi connectivity index (χ1) is 8.79. The average Bonchev–Trinajstić information content (AvgIpc) is 2.92. The van der Waals surface area contributed by atoms with Crippen molar-refractivity contribution in [2.45, 2.75) is 6.42 Å². The van der Waals surface area contributed by atoms with Gasteiger partial charge in [0.15, 0.2) is 0 Å². The number of hydrogen-bond donors (Lipinski definition) is 2. The van der Waals surface area contributed by atoms with Crippen LogP contribution < -0.4 is 10.6 Å². The summed E-state index contributed by atoms with van der Waals surface area (Å²) in [6, 6.07) is 7.23. The van der Waals surface area contributed by atoms with Crippen molar-refractivity contribution in [1.82, 2.24) is 10.3 Å². The van der Waals surface area contributed by atoms with E-state index in [0.717, 1.165) is 11.4 Å². The van der Waals surface area contributed by atoms with E-state index in [1.54, 1.807) is 31.6 Å². The maximum absolute atomic E-state index is 11.8. The Morgan fingerprint density at radius 1 is 1.44 bits per heavy atom. The lowest BCUT2D eigenvalue weighted by molar-refractivity contribution is 0.0949. The number of rotatable bonds is 5. The molecule has 2 heterocycles. The highest BCUT2D eigenvalue weighted by molar-refractivity contribution is 5.93. The minimum Gasteiger partial charge on any atom is -0.469 e. The molecular formula is C13H15N3O2. The van der Waals surface area contributed by atoms with Gasteiger partial charge in [0, 0.05) is 31.9 Å². The van der Waals surface area contributed by atoms with Crippen LogP contribution in [0.1, 0.15) is 16.2 Å². The first-order valence-corrected chi connectivity index (χ1v) is 5.74. The molecule has 0 fully saturated rings. The van der Waals surface area contributed by atoms with E-state index in [-0.39, 0.29) is 5.91 Å². The monoisotopic (exact) mass is 245 g/mol. The number of pyridine rings is 1. The van der Waals surface area contributed by atoms with Crippen molar-refractivity contribution in [3.05, 3.63) is 48.2 Å². The van der Waals surface area contributed by atoms with Crippen LogP contribution in [0.5, 0.6) is 0 Å². The molecule has 0 aliphatic carbocycles. The summed E-state index contributed by atoms with van der Waals surface area (Å²) in [5.74, 6) is 0.672. The first kappa shape index (κ1) is 12.2. The Balaban J connectivity index is 1.87. The minimum atomic E-state index is -0.182. The van der Waals surface area contributed by atoms with Crippen LogP contribution >= 0.6 is 0 Å². The number of nitrogens with zero attached hydrogens (tertiary/aromatic N) is 1. The summed E-state index contributed by atoms with van der Waals surface area (Å²) in [4.78, 5) is 15.8. The van der Waals surface area contributed by atoms with Gasteiger partial charge in [-0.15, -0.1) is 0 Å². The lowest BCUT2D eigenvalue weighted by Crippen LogP contribution is -2.26. The number of aromatic nitrogens is 1. The summed E-state index contributed by atoms with van der Waals surface area (Å²) >= 11 is 0. The van der Waals surface area contributed by atoms with Gasteiger partial charge in [0.25, 0.3) is 5.91 Å². The summed E-state index contributed by atoms with van der Waals surface area (Å²) in [7, 11) is 1.80. The van der Waals surface area contributed by atoms with Gasteiger partial charge in [0.05, 0.1) is 6.26 Å². The second kappa shape index (κ2) is 5.86. The fourth-order valence-corrected chi connectivity index (χ4v) is 1.55. The van der Waals surface area contributed by atoms with E-state index in [2.05, 4.69) is 15.6 Å². The van der Waals surface area contributed by atoms with Crippen LogP contribution in [0.25, 0.3) is 0 Å². The second-order valence-corrected chi connectivity index (χ2v) is 3.77. The van der Waals surface area contributed by atoms with Gasteiger partial charge in [-0.2, -0.15) is 0 Å². The minimum absolute atomic E-state index is 0.182. The van der Waals surface area contributed by atoms with Crippen LogP contribution in [0, 0.1) is 0 Å². The van der Waals surface area contributed by atoms with E-state index in [9.17, 15) is 4.79 Å². The highest BCUT2D eigenvalue weighted by Crippen LogP contribution is 2.06. The van der Waals surface area contributed by atoms with E-state index < -0.39 is 0 Å². The fourth-order valence-electron chi connectivity index (χ4n) is 1.55. The van der Waals surface area contributed by atoms with Crippen molar-refractivity contribution < 1.29 is 9.21 Å². The number of anilines is 1. The standard InChI is InChI=1S/C13H15N3O2/c1-14-10-4-6-15-12(9-10)13(17)16-7-5-11-3-2-8-18-11/h2-4,6,8-9H,5,7H2,1H3,(H,14,15)(H,16,17). The molecule has 0 radical (unpaired) electrons. The smallest absolute Gasteiger partial charge is 0.269 e. The summed E-state index contributed by atoms with van der Waals surface area (Å²) in [5.41, 5.74) is 1.27. The normalized spacial score (nSPS) is 10.1. The zero-order valence-corrected chi connectivity index (χ0v) is 10.1. The Kier molecular flexibility index (Phi) is 3.96. The zero-order chi connectivity index (χ0) is 12.8. The van der Waals surface area contributed by atoms with Gasteiger partial charge in [0.1, 0.15) is 11.5 Å². The Morgan fingerprint density at radius 2 is 2.33 bits per heavy atom. The molecule has 0 saturated heterocycles. The Hall–Kier alpha value is -2.30. The summed E-state index contributed by atoms with van der Waals surface area (Å²) < 4.78 is 5.18. The lowest BCUT2D eigenvalue weighted by atomic mass is 10.3.